The number of hydrogen-bond acceptors (Lipinski definition) is 4. The van der Waals surface area contributed by atoms with E-state index in [1.807, 2.05) is 19.0 Å². The maximum absolute atomic E-state index is 12.5. The molecule has 0 aromatic rings. The number of likely N-dealkylation sites (N-methyl/N-ethyl adjacent to an activating group) is 1. The molecule has 6 heteroatoms. The van der Waals surface area contributed by atoms with E-state index < -0.39 is 10.0 Å². The number of hydrogen-bond donors (Lipinski definition) is 1. The smallest absolute Gasteiger partial charge is 0.215 e. The molecular formula is C13H29N3O2S. The van der Waals surface area contributed by atoms with Gasteiger partial charge in [0.05, 0.1) is 5.75 Å². The van der Waals surface area contributed by atoms with Crippen LogP contribution in [-0.2, 0) is 10.0 Å². The molecule has 0 aromatic heterocycles. The fourth-order valence-corrected chi connectivity index (χ4v) is 4.21. The van der Waals surface area contributed by atoms with E-state index in [1.54, 1.807) is 4.31 Å². The van der Waals surface area contributed by atoms with Gasteiger partial charge in [0.15, 0.2) is 0 Å². The van der Waals surface area contributed by atoms with Gasteiger partial charge in [-0.3, -0.25) is 0 Å². The lowest BCUT2D eigenvalue weighted by Gasteiger charge is -2.26. The molecule has 0 aromatic carbocycles. The van der Waals surface area contributed by atoms with E-state index in [0.29, 0.717) is 19.0 Å². The normalized spacial score (nSPS) is 20.9. The Morgan fingerprint density at radius 3 is 2.42 bits per heavy atom. The van der Waals surface area contributed by atoms with Gasteiger partial charge >= 0.3 is 0 Å². The fourth-order valence-electron chi connectivity index (χ4n) is 2.32. The van der Waals surface area contributed by atoms with Crippen LogP contribution in [-0.4, -0.2) is 69.7 Å². The fraction of sp³-hybridized carbons (Fsp3) is 1.00. The van der Waals surface area contributed by atoms with E-state index in [9.17, 15) is 8.42 Å². The Kier molecular flexibility index (Phi) is 6.73. The third-order valence-electron chi connectivity index (χ3n) is 3.33. The van der Waals surface area contributed by atoms with Crippen molar-refractivity contribution in [3.8, 4) is 0 Å². The minimum Gasteiger partial charge on any atom is -0.313 e. The molecule has 0 saturated carbocycles. The number of sulfonamides is 1. The Balaban J connectivity index is 2.64. The second-order valence-electron chi connectivity index (χ2n) is 6.13. The molecule has 5 nitrogen and oxygen atoms in total. The SMILES string of the molecule is CC(C)CN(CCN(C)C)S(=O)(=O)CC1CCCN1. The molecule has 1 atom stereocenters. The molecule has 1 aliphatic heterocycles. The Bertz CT molecular complexity index is 349. The van der Waals surface area contributed by atoms with Gasteiger partial charge in [0.25, 0.3) is 0 Å². The highest BCUT2D eigenvalue weighted by atomic mass is 32.2. The highest BCUT2D eigenvalue weighted by Gasteiger charge is 2.28. The van der Waals surface area contributed by atoms with Crippen molar-refractivity contribution >= 4 is 10.0 Å². The molecule has 0 aliphatic carbocycles. The van der Waals surface area contributed by atoms with E-state index in [4.69, 9.17) is 0 Å². The van der Waals surface area contributed by atoms with Crippen molar-refractivity contribution in [2.45, 2.75) is 32.7 Å². The third-order valence-corrected chi connectivity index (χ3v) is 5.28. The molecule has 1 fully saturated rings. The summed E-state index contributed by atoms with van der Waals surface area (Å²) in [5, 5.41) is 3.27. The van der Waals surface area contributed by atoms with Gasteiger partial charge in [-0.25, -0.2) is 12.7 Å². The van der Waals surface area contributed by atoms with E-state index in [0.717, 1.165) is 25.9 Å². The summed E-state index contributed by atoms with van der Waals surface area (Å²) in [7, 11) is 0.790. The summed E-state index contributed by atoms with van der Waals surface area (Å²) in [4.78, 5) is 2.02. The van der Waals surface area contributed by atoms with Crippen molar-refractivity contribution in [3.05, 3.63) is 0 Å². The van der Waals surface area contributed by atoms with Crippen LogP contribution in [0.15, 0.2) is 0 Å². The highest BCUT2D eigenvalue weighted by molar-refractivity contribution is 7.89. The topological polar surface area (TPSA) is 52.7 Å². The van der Waals surface area contributed by atoms with Crippen LogP contribution in [0.25, 0.3) is 0 Å². The Morgan fingerprint density at radius 2 is 1.95 bits per heavy atom. The predicted molar refractivity (Wildman–Crippen MR) is 79.8 cm³/mol. The predicted octanol–water partition coefficient (Wildman–Crippen LogP) is 0.588. The van der Waals surface area contributed by atoms with Crippen molar-refractivity contribution in [1.29, 1.82) is 0 Å². The Labute approximate surface area is 118 Å². The van der Waals surface area contributed by atoms with Gasteiger partial charge in [0.1, 0.15) is 0 Å². The molecule has 0 bridgehead atoms. The van der Waals surface area contributed by atoms with Crippen LogP contribution in [0.1, 0.15) is 26.7 Å². The zero-order chi connectivity index (χ0) is 14.5. The molecule has 1 rings (SSSR count). The summed E-state index contributed by atoms with van der Waals surface area (Å²) in [6, 6.07) is 0.138. The molecule has 0 spiro atoms. The van der Waals surface area contributed by atoms with E-state index in [1.165, 1.54) is 0 Å². The van der Waals surface area contributed by atoms with Crippen LogP contribution in [0.2, 0.25) is 0 Å². The van der Waals surface area contributed by atoms with Gasteiger partial charge in [-0.15, -0.1) is 0 Å². The number of nitrogens with zero attached hydrogens (tertiary/aromatic N) is 2. The molecule has 0 amide bonds. The molecule has 0 radical (unpaired) electrons. The lowest BCUT2D eigenvalue weighted by atomic mass is 10.2. The van der Waals surface area contributed by atoms with E-state index in [2.05, 4.69) is 19.2 Å². The van der Waals surface area contributed by atoms with Crippen LogP contribution >= 0.6 is 0 Å². The van der Waals surface area contributed by atoms with Crippen molar-refractivity contribution < 1.29 is 8.42 Å². The average molecular weight is 291 g/mol. The molecule has 19 heavy (non-hydrogen) atoms. The number of rotatable bonds is 8. The number of nitrogens with one attached hydrogen (secondary N) is 1. The van der Waals surface area contributed by atoms with Gasteiger partial charge in [-0.1, -0.05) is 13.8 Å². The van der Waals surface area contributed by atoms with E-state index in [-0.39, 0.29) is 11.8 Å². The molecule has 114 valence electrons. The first-order valence-corrected chi connectivity index (χ1v) is 8.78. The first kappa shape index (κ1) is 16.9. The van der Waals surface area contributed by atoms with Crippen molar-refractivity contribution in [2.24, 2.45) is 5.92 Å². The second kappa shape index (κ2) is 7.57. The maximum Gasteiger partial charge on any atom is 0.215 e. The maximum atomic E-state index is 12.5. The summed E-state index contributed by atoms with van der Waals surface area (Å²) < 4.78 is 26.7. The highest BCUT2D eigenvalue weighted by Crippen LogP contribution is 2.13. The third kappa shape index (κ3) is 6.21. The zero-order valence-corrected chi connectivity index (χ0v) is 13.5. The Morgan fingerprint density at radius 1 is 1.26 bits per heavy atom. The molecule has 1 unspecified atom stereocenters. The van der Waals surface area contributed by atoms with Crippen molar-refractivity contribution in [2.75, 3.05) is 46.0 Å². The summed E-state index contributed by atoms with van der Waals surface area (Å²) in [5.74, 6) is 0.598. The van der Waals surface area contributed by atoms with Crippen LogP contribution in [0.4, 0.5) is 0 Å². The minimum atomic E-state index is -3.15. The summed E-state index contributed by atoms with van der Waals surface area (Å²) in [6.45, 7) is 7.03. The van der Waals surface area contributed by atoms with Gasteiger partial charge in [-0.05, 0) is 39.4 Å². The molecule has 1 N–H and O–H groups in total. The van der Waals surface area contributed by atoms with Gasteiger partial charge in [0.2, 0.25) is 10.0 Å². The molecule has 1 heterocycles. The minimum absolute atomic E-state index is 0.138. The Hall–Kier alpha value is -0.170. The van der Waals surface area contributed by atoms with Crippen LogP contribution in [0, 0.1) is 5.92 Å². The standard InChI is InChI=1S/C13H29N3O2S/c1-12(2)10-16(9-8-15(3)4)19(17,18)11-13-6-5-7-14-13/h12-14H,5-11H2,1-4H3. The summed E-state index contributed by atoms with van der Waals surface area (Å²) >= 11 is 0. The lowest BCUT2D eigenvalue weighted by Crippen LogP contribution is -2.43. The van der Waals surface area contributed by atoms with Crippen molar-refractivity contribution in [1.82, 2.24) is 14.5 Å². The summed E-state index contributed by atoms with van der Waals surface area (Å²) in [6.07, 6.45) is 2.06. The van der Waals surface area contributed by atoms with Crippen LogP contribution < -0.4 is 5.32 Å². The van der Waals surface area contributed by atoms with Crippen LogP contribution in [0.5, 0.6) is 0 Å². The molecular weight excluding hydrogens is 262 g/mol. The van der Waals surface area contributed by atoms with Gasteiger partial charge < -0.3 is 10.2 Å². The first-order valence-electron chi connectivity index (χ1n) is 7.17. The lowest BCUT2D eigenvalue weighted by molar-refractivity contribution is 0.311. The van der Waals surface area contributed by atoms with Crippen molar-refractivity contribution in [3.63, 3.8) is 0 Å². The van der Waals surface area contributed by atoms with Gasteiger partial charge in [-0.2, -0.15) is 0 Å². The summed E-state index contributed by atoms with van der Waals surface area (Å²) in [5.41, 5.74) is 0. The largest absolute Gasteiger partial charge is 0.313 e. The van der Waals surface area contributed by atoms with E-state index >= 15 is 0 Å². The van der Waals surface area contributed by atoms with Crippen LogP contribution in [0.3, 0.4) is 0 Å². The second-order valence-corrected chi connectivity index (χ2v) is 8.14. The zero-order valence-electron chi connectivity index (χ0n) is 12.7. The monoisotopic (exact) mass is 291 g/mol. The van der Waals surface area contributed by atoms with Gasteiger partial charge in [0, 0.05) is 25.7 Å². The quantitative estimate of drug-likeness (QED) is 0.711. The molecule has 1 aliphatic rings. The average Bonchev–Trinajstić information content (AvgIpc) is 2.75. The molecule has 1 saturated heterocycles. The first-order chi connectivity index (χ1) is 8.81.